The summed E-state index contributed by atoms with van der Waals surface area (Å²) in [5.74, 6) is 0.853. The summed E-state index contributed by atoms with van der Waals surface area (Å²) in [6.07, 6.45) is -3.98. The van der Waals surface area contributed by atoms with E-state index >= 15 is 0 Å². The highest BCUT2D eigenvalue weighted by Gasteiger charge is 2.30. The van der Waals surface area contributed by atoms with Crippen LogP contribution < -0.4 is 4.74 Å². The van der Waals surface area contributed by atoms with Crippen LogP contribution in [-0.4, -0.2) is 11.1 Å². The van der Waals surface area contributed by atoms with Crippen LogP contribution in [0.4, 0.5) is 13.2 Å². The molecule has 0 aliphatic carbocycles. The Morgan fingerprint density at radius 3 is 2.19 bits per heavy atom. The molecular formula is C24H23F3O4. The van der Waals surface area contributed by atoms with Gasteiger partial charge in [0.15, 0.2) is 0 Å². The van der Waals surface area contributed by atoms with Crippen molar-refractivity contribution < 1.29 is 32.2 Å². The van der Waals surface area contributed by atoms with Gasteiger partial charge in [-0.25, -0.2) is 0 Å². The summed E-state index contributed by atoms with van der Waals surface area (Å²) in [5.41, 5.74) is 0.658. The first-order valence-electron chi connectivity index (χ1n) is 9.68. The Morgan fingerprint density at radius 1 is 1.03 bits per heavy atom. The Balaban J connectivity index is 1.65. The highest BCUT2D eigenvalue weighted by Crippen LogP contribution is 2.32. The molecule has 164 valence electrons. The van der Waals surface area contributed by atoms with E-state index in [0.717, 1.165) is 23.3 Å². The average molecular weight is 432 g/mol. The molecule has 3 aromatic rings. The van der Waals surface area contributed by atoms with Crippen molar-refractivity contribution in [2.45, 2.75) is 40.0 Å². The van der Waals surface area contributed by atoms with Gasteiger partial charge >= 0.3 is 12.1 Å². The van der Waals surface area contributed by atoms with Crippen LogP contribution in [0.25, 0.3) is 11.3 Å². The van der Waals surface area contributed by atoms with Crippen LogP contribution in [0, 0.1) is 12.3 Å². The predicted molar refractivity (Wildman–Crippen MR) is 110 cm³/mol. The second-order valence-electron chi connectivity index (χ2n) is 8.07. The summed E-state index contributed by atoms with van der Waals surface area (Å²) >= 11 is 0. The molecule has 0 spiro atoms. The van der Waals surface area contributed by atoms with Crippen LogP contribution in [0.3, 0.4) is 0 Å². The number of furan rings is 1. The summed E-state index contributed by atoms with van der Waals surface area (Å²) < 4.78 is 49.7. The van der Waals surface area contributed by atoms with E-state index in [-0.39, 0.29) is 6.61 Å². The molecule has 1 heterocycles. The van der Waals surface area contributed by atoms with Crippen LogP contribution >= 0.6 is 0 Å². The molecule has 0 radical (unpaired) electrons. The van der Waals surface area contributed by atoms with Gasteiger partial charge in [0, 0.05) is 11.1 Å². The molecule has 0 saturated carbocycles. The number of aryl methyl sites for hydroxylation is 1. The normalized spacial score (nSPS) is 12.1. The molecule has 0 unspecified atom stereocenters. The molecule has 7 heteroatoms. The number of carboxylic acids is 1. The van der Waals surface area contributed by atoms with Gasteiger partial charge in [-0.2, -0.15) is 13.2 Å². The Morgan fingerprint density at radius 2 is 1.65 bits per heavy atom. The summed E-state index contributed by atoms with van der Waals surface area (Å²) in [6, 6.07) is 13.8. The molecule has 0 amide bonds. The summed E-state index contributed by atoms with van der Waals surface area (Å²) in [7, 11) is 0. The van der Waals surface area contributed by atoms with Gasteiger partial charge in [-0.15, -0.1) is 0 Å². The maximum absolute atomic E-state index is 12.7. The van der Waals surface area contributed by atoms with Crippen molar-refractivity contribution in [2.24, 2.45) is 5.41 Å². The lowest BCUT2D eigenvalue weighted by atomic mass is 9.86. The van der Waals surface area contributed by atoms with Crippen LogP contribution in [-0.2, 0) is 24.0 Å². The SMILES string of the molecule is Cc1oc(-c2ccc(C(F)(F)F)cc2)cc1COc1ccc(CC(C)(C)C(=O)O)cc1. The third-order valence-corrected chi connectivity index (χ3v) is 5.06. The number of carbonyl (C=O) groups is 1. The van der Waals surface area contributed by atoms with Crippen LogP contribution in [0.1, 0.15) is 36.3 Å². The number of rotatable bonds is 7. The maximum atomic E-state index is 12.7. The first-order chi connectivity index (χ1) is 14.5. The Labute approximate surface area is 178 Å². The summed E-state index contributed by atoms with van der Waals surface area (Å²) in [6.45, 7) is 5.35. The van der Waals surface area contributed by atoms with Crippen molar-refractivity contribution in [2.75, 3.05) is 0 Å². The molecule has 0 aliphatic rings. The maximum Gasteiger partial charge on any atom is 0.416 e. The van der Waals surface area contributed by atoms with E-state index in [0.29, 0.717) is 29.3 Å². The molecule has 1 aromatic heterocycles. The number of hydrogen-bond donors (Lipinski definition) is 1. The number of benzene rings is 2. The van der Waals surface area contributed by atoms with Crippen molar-refractivity contribution in [3.05, 3.63) is 77.0 Å². The highest BCUT2D eigenvalue weighted by molar-refractivity contribution is 5.74. The molecule has 31 heavy (non-hydrogen) atoms. The van der Waals surface area contributed by atoms with E-state index in [4.69, 9.17) is 9.15 Å². The number of halogens is 3. The average Bonchev–Trinajstić information content (AvgIpc) is 3.07. The first kappa shape index (κ1) is 22.5. The highest BCUT2D eigenvalue weighted by atomic mass is 19.4. The largest absolute Gasteiger partial charge is 0.489 e. The Hall–Kier alpha value is -3.22. The van der Waals surface area contributed by atoms with E-state index in [2.05, 4.69) is 0 Å². The van der Waals surface area contributed by atoms with Gasteiger partial charge in [0.1, 0.15) is 23.9 Å². The van der Waals surface area contributed by atoms with E-state index in [1.807, 2.05) is 12.1 Å². The number of ether oxygens (including phenoxy) is 1. The predicted octanol–water partition coefficient (Wildman–Crippen LogP) is 6.51. The molecule has 2 aromatic carbocycles. The minimum Gasteiger partial charge on any atom is -0.489 e. The number of carboxylic acid groups (broad SMARTS) is 1. The zero-order valence-electron chi connectivity index (χ0n) is 17.4. The third kappa shape index (κ3) is 5.48. The fourth-order valence-electron chi connectivity index (χ4n) is 3.08. The molecule has 0 saturated heterocycles. The topological polar surface area (TPSA) is 59.7 Å². The van der Waals surface area contributed by atoms with E-state index in [1.165, 1.54) is 12.1 Å². The van der Waals surface area contributed by atoms with Gasteiger partial charge in [0.05, 0.1) is 11.0 Å². The Bertz CT molecular complexity index is 1050. The third-order valence-electron chi connectivity index (χ3n) is 5.06. The quantitative estimate of drug-likeness (QED) is 0.463. The van der Waals surface area contributed by atoms with Gasteiger partial charge in [0.25, 0.3) is 0 Å². The lowest BCUT2D eigenvalue weighted by Gasteiger charge is -2.19. The minimum atomic E-state index is -4.38. The van der Waals surface area contributed by atoms with Gasteiger partial charge in [-0.3, -0.25) is 4.79 Å². The minimum absolute atomic E-state index is 0.232. The van der Waals surface area contributed by atoms with Crippen molar-refractivity contribution in [3.63, 3.8) is 0 Å². The molecule has 1 N–H and O–H groups in total. The fraction of sp³-hybridized carbons (Fsp3) is 0.292. The van der Waals surface area contributed by atoms with Crippen molar-refractivity contribution >= 4 is 5.97 Å². The zero-order valence-corrected chi connectivity index (χ0v) is 17.4. The number of alkyl halides is 3. The molecule has 3 rings (SSSR count). The molecule has 0 aliphatic heterocycles. The standard InChI is InChI=1S/C24H23F3O4/c1-15-18(12-21(31-15)17-6-8-19(9-7-17)24(25,26)27)14-30-20-10-4-16(5-11-20)13-23(2,3)22(28)29/h4-12H,13-14H2,1-3H3,(H,28,29). The van der Waals surface area contributed by atoms with E-state index < -0.39 is 23.1 Å². The van der Waals surface area contributed by atoms with Crippen molar-refractivity contribution in [3.8, 4) is 17.1 Å². The lowest BCUT2D eigenvalue weighted by Crippen LogP contribution is -2.26. The monoisotopic (exact) mass is 432 g/mol. The Kier molecular flexibility index (Phi) is 6.15. The molecule has 0 bridgehead atoms. The van der Waals surface area contributed by atoms with Crippen LogP contribution in [0.2, 0.25) is 0 Å². The molecule has 0 atom stereocenters. The number of aliphatic carboxylic acids is 1. The van der Waals surface area contributed by atoms with Crippen molar-refractivity contribution in [1.29, 1.82) is 0 Å². The second-order valence-corrected chi connectivity index (χ2v) is 8.07. The molecule has 0 fully saturated rings. The molecule has 4 nitrogen and oxygen atoms in total. The molecular weight excluding hydrogens is 409 g/mol. The number of hydrogen-bond acceptors (Lipinski definition) is 3. The van der Waals surface area contributed by atoms with Crippen LogP contribution in [0.5, 0.6) is 5.75 Å². The fourth-order valence-corrected chi connectivity index (χ4v) is 3.08. The van der Waals surface area contributed by atoms with Gasteiger partial charge in [-0.05, 0) is 63.1 Å². The van der Waals surface area contributed by atoms with Crippen molar-refractivity contribution in [1.82, 2.24) is 0 Å². The van der Waals surface area contributed by atoms with Gasteiger partial charge < -0.3 is 14.3 Å². The lowest BCUT2D eigenvalue weighted by molar-refractivity contribution is -0.146. The first-order valence-corrected chi connectivity index (χ1v) is 9.68. The van der Waals surface area contributed by atoms with Gasteiger partial charge in [0.2, 0.25) is 0 Å². The van der Waals surface area contributed by atoms with E-state index in [1.54, 1.807) is 39.0 Å². The second kappa shape index (κ2) is 8.49. The van der Waals surface area contributed by atoms with Gasteiger partial charge in [-0.1, -0.05) is 24.3 Å². The summed E-state index contributed by atoms with van der Waals surface area (Å²) in [5, 5.41) is 9.24. The van der Waals surface area contributed by atoms with Crippen LogP contribution in [0.15, 0.2) is 59.0 Å². The summed E-state index contributed by atoms with van der Waals surface area (Å²) in [4.78, 5) is 11.3. The zero-order chi connectivity index (χ0) is 22.8. The van der Waals surface area contributed by atoms with E-state index in [9.17, 15) is 23.1 Å². The smallest absolute Gasteiger partial charge is 0.416 e.